The molecule has 1 unspecified atom stereocenters. The van der Waals surface area contributed by atoms with E-state index in [9.17, 15) is 0 Å². The van der Waals surface area contributed by atoms with Crippen molar-refractivity contribution in [3.63, 3.8) is 0 Å². The predicted molar refractivity (Wildman–Crippen MR) is 125 cm³/mol. The number of hydrogen-bond acceptors (Lipinski definition) is 5. The molecule has 0 saturated carbocycles. The van der Waals surface area contributed by atoms with Gasteiger partial charge in [0.15, 0.2) is 5.96 Å². The predicted octanol–water partition coefficient (Wildman–Crippen LogP) is 3.37. The Morgan fingerprint density at radius 3 is 2.62 bits per heavy atom. The van der Waals surface area contributed by atoms with Gasteiger partial charge in [0.25, 0.3) is 0 Å². The minimum Gasteiger partial charge on any atom is -0.497 e. The second kappa shape index (κ2) is 10.9. The second-order valence-electron chi connectivity index (χ2n) is 7.88. The zero-order valence-corrected chi connectivity index (χ0v) is 18.8. The summed E-state index contributed by atoms with van der Waals surface area (Å²) in [6, 6.07) is 14.0. The number of aromatic nitrogens is 2. The zero-order chi connectivity index (χ0) is 22.2. The Kier molecular flexibility index (Phi) is 7.45. The molecular formula is C24H32N6O2. The van der Waals surface area contributed by atoms with Gasteiger partial charge in [0.2, 0.25) is 0 Å². The van der Waals surface area contributed by atoms with E-state index in [0.717, 1.165) is 48.5 Å². The van der Waals surface area contributed by atoms with Crippen LogP contribution < -0.4 is 15.4 Å². The van der Waals surface area contributed by atoms with Crippen LogP contribution in [-0.2, 0) is 6.54 Å². The highest BCUT2D eigenvalue weighted by molar-refractivity contribution is 5.79. The number of hydrogen-bond donors (Lipinski definition) is 2. The minimum atomic E-state index is 0.193. The van der Waals surface area contributed by atoms with Crippen molar-refractivity contribution in [3.05, 3.63) is 66.4 Å². The maximum absolute atomic E-state index is 5.74. The fraction of sp³-hybridized carbons (Fsp3) is 0.417. The summed E-state index contributed by atoms with van der Waals surface area (Å²) in [6.07, 6.45) is 7.49. The number of nitrogens with one attached hydrogen (secondary N) is 2. The Bertz CT molecular complexity index is 974. The lowest BCUT2D eigenvalue weighted by molar-refractivity contribution is 0.146. The molecular weight excluding hydrogens is 404 g/mol. The lowest BCUT2D eigenvalue weighted by Crippen LogP contribution is -2.44. The molecule has 2 aromatic heterocycles. The number of likely N-dealkylation sites (tertiary alicyclic amines) is 1. The molecule has 0 amide bonds. The van der Waals surface area contributed by atoms with Gasteiger partial charge in [0.05, 0.1) is 37.3 Å². The number of methoxy groups -OCH3 is 1. The quantitative estimate of drug-likeness (QED) is 0.416. The number of benzene rings is 1. The number of nitrogens with zero attached hydrogens (tertiary/aromatic N) is 4. The number of aliphatic imine (C=N–C) groups is 1. The molecule has 2 N–H and O–H groups in total. The van der Waals surface area contributed by atoms with E-state index in [4.69, 9.17) is 9.15 Å². The van der Waals surface area contributed by atoms with E-state index >= 15 is 0 Å². The smallest absolute Gasteiger partial charge is 0.191 e. The molecule has 1 fully saturated rings. The van der Waals surface area contributed by atoms with Crippen LogP contribution in [0.5, 0.6) is 5.75 Å². The number of furan rings is 1. The molecule has 1 aliphatic heterocycles. The Morgan fingerprint density at radius 2 is 1.94 bits per heavy atom. The first-order valence-electron chi connectivity index (χ1n) is 11.2. The van der Waals surface area contributed by atoms with Crippen molar-refractivity contribution in [3.8, 4) is 11.4 Å². The van der Waals surface area contributed by atoms with E-state index < -0.39 is 0 Å². The molecule has 4 rings (SSSR count). The van der Waals surface area contributed by atoms with Crippen molar-refractivity contribution in [2.24, 2.45) is 4.99 Å². The molecule has 32 heavy (non-hydrogen) atoms. The molecule has 8 nitrogen and oxygen atoms in total. The molecule has 0 spiro atoms. The molecule has 8 heteroatoms. The van der Waals surface area contributed by atoms with Gasteiger partial charge in [-0.25, -0.2) is 4.68 Å². The second-order valence-corrected chi connectivity index (χ2v) is 7.88. The van der Waals surface area contributed by atoms with E-state index in [-0.39, 0.29) is 6.04 Å². The standard InChI is InChI=1S/C24H32N6O2/c1-25-24(27-18-22(23-7-6-16-32-23)29-13-4-3-5-14-29)26-17-19-12-15-30(28-19)20-8-10-21(31-2)11-9-20/h6-12,15-16,22H,3-5,13-14,17-18H2,1-2H3,(H2,25,26,27). The van der Waals surface area contributed by atoms with Crippen molar-refractivity contribution in [1.82, 2.24) is 25.3 Å². The van der Waals surface area contributed by atoms with Crippen molar-refractivity contribution >= 4 is 5.96 Å². The summed E-state index contributed by atoms with van der Waals surface area (Å²) >= 11 is 0. The van der Waals surface area contributed by atoms with Crippen LogP contribution in [0, 0.1) is 0 Å². The fourth-order valence-corrected chi connectivity index (χ4v) is 4.04. The molecule has 0 aliphatic carbocycles. The fourth-order valence-electron chi connectivity index (χ4n) is 4.04. The van der Waals surface area contributed by atoms with Gasteiger partial charge < -0.3 is 19.8 Å². The summed E-state index contributed by atoms with van der Waals surface area (Å²) in [7, 11) is 3.45. The van der Waals surface area contributed by atoms with Crippen LogP contribution in [0.1, 0.15) is 36.8 Å². The monoisotopic (exact) mass is 436 g/mol. The third-order valence-corrected chi connectivity index (χ3v) is 5.81. The van der Waals surface area contributed by atoms with E-state index in [1.54, 1.807) is 20.4 Å². The molecule has 170 valence electrons. The summed E-state index contributed by atoms with van der Waals surface area (Å²) in [5, 5.41) is 11.5. The van der Waals surface area contributed by atoms with Gasteiger partial charge in [-0.2, -0.15) is 5.10 Å². The van der Waals surface area contributed by atoms with Gasteiger partial charge in [0.1, 0.15) is 11.5 Å². The minimum absolute atomic E-state index is 0.193. The van der Waals surface area contributed by atoms with Gasteiger partial charge in [-0.05, 0) is 68.4 Å². The van der Waals surface area contributed by atoms with Crippen molar-refractivity contribution in [2.45, 2.75) is 31.8 Å². The molecule has 0 radical (unpaired) electrons. The van der Waals surface area contributed by atoms with Crippen molar-refractivity contribution < 1.29 is 9.15 Å². The molecule has 3 aromatic rings. The highest BCUT2D eigenvalue weighted by atomic mass is 16.5. The summed E-state index contributed by atoms with van der Waals surface area (Å²) in [5.41, 5.74) is 1.92. The SMILES string of the molecule is CN=C(NCc1ccn(-c2ccc(OC)cc2)n1)NCC(c1ccco1)N1CCCCC1. The van der Waals surface area contributed by atoms with Crippen molar-refractivity contribution in [2.75, 3.05) is 33.8 Å². The third-order valence-electron chi connectivity index (χ3n) is 5.81. The van der Waals surface area contributed by atoms with Gasteiger partial charge in [0, 0.05) is 19.8 Å². The van der Waals surface area contributed by atoms with Crippen LogP contribution in [-0.4, -0.2) is 54.4 Å². The Labute approximate surface area is 189 Å². The van der Waals surface area contributed by atoms with Gasteiger partial charge >= 0.3 is 0 Å². The highest BCUT2D eigenvalue weighted by Crippen LogP contribution is 2.24. The Morgan fingerprint density at radius 1 is 1.12 bits per heavy atom. The first kappa shape index (κ1) is 22.0. The number of rotatable bonds is 8. The summed E-state index contributed by atoms with van der Waals surface area (Å²) in [5.74, 6) is 2.57. The first-order valence-corrected chi connectivity index (χ1v) is 11.2. The van der Waals surface area contributed by atoms with Crippen LogP contribution in [0.15, 0.2) is 64.3 Å². The molecule has 0 bridgehead atoms. The Balaban J connectivity index is 1.33. The maximum atomic E-state index is 5.74. The zero-order valence-electron chi connectivity index (χ0n) is 18.8. The van der Waals surface area contributed by atoms with Gasteiger partial charge in [-0.1, -0.05) is 6.42 Å². The van der Waals surface area contributed by atoms with Crippen LogP contribution >= 0.6 is 0 Å². The largest absolute Gasteiger partial charge is 0.497 e. The van der Waals surface area contributed by atoms with Crippen LogP contribution in [0.25, 0.3) is 5.69 Å². The Hall–Kier alpha value is -3.26. The molecule has 1 atom stereocenters. The summed E-state index contributed by atoms with van der Waals surface area (Å²) in [6.45, 7) is 3.51. The van der Waals surface area contributed by atoms with E-state index in [0.29, 0.717) is 6.54 Å². The average molecular weight is 437 g/mol. The van der Waals surface area contributed by atoms with E-state index in [2.05, 4.69) is 31.7 Å². The lowest BCUT2D eigenvalue weighted by atomic mass is 10.1. The highest BCUT2D eigenvalue weighted by Gasteiger charge is 2.24. The molecule has 1 aliphatic rings. The van der Waals surface area contributed by atoms with Crippen molar-refractivity contribution in [1.29, 1.82) is 0 Å². The van der Waals surface area contributed by atoms with Crippen LogP contribution in [0.2, 0.25) is 0 Å². The van der Waals surface area contributed by atoms with Gasteiger partial charge in [-0.3, -0.25) is 9.89 Å². The maximum Gasteiger partial charge on any atom is 0.191 e. The average Bonchev–Trinajstić information content (AvgIpc) is 3.55. The normalized spacial score (nSPS) is 16.0. The molecule has 1 aromatic carbocycles. The van der Waals surface area contributed by atoms with E-state index in [1.807, 2.05) is 47.3 Å². The van der Waals surface area contributed by atoms with Crippen LogP contribution in [0.3, 0.4) is 0 Å². The number of piperidine rings is 1. The van der Waals surface area contributed by atoms with Gasteiger partial charge in [-0.15, -0.1) is 0 Å². The third kappa shape index (κ3) is 5.50. The number of guanidine groups is 1. The lowest BCUT2D eigenvalue weighted by Gasteiger charge is -2.33. The topological polar surface area (TPSA) is 79.8 Å². The molecule has 1 saturated heterocycles. The summed E-state index contributed by atoms with van der Waals surface area (Å²) < 4.78 is 12.8. The summed E-state index contributed by atoms with van der Waals surface area (Å²) in [4.78, 5) is 6.88. The van der Waals surface area contributed by atoms with E-state index in [1.165, 1.54) is 19.3 Å². The number of ether oxygens (including phenoxy) is 1. The molecule has 3 heterocycles. The van der Waals surface area contributed by atoms with Crippen LogP contribution in [0.4, 0.5) is 0 Å². The first-order chi connectivity index (χ1) is 15.8.